The second-order valence-electron chi connectivity index (χ2n) is 9.90. The molecule has 0 saturated carbocycles. The lowest BCUT2D eigenvalue weighted by atomic mass is 9.89. The first-order valence-electron chi connectivity index (χ1n) is 11.6. The summed E-state index contributed by atoms with van der Waals surface area (Å²) in [7, 11) is 0. The summed E-state index contributed by atoms with van der Waals surface area (Å²) in [5.41, 5.74) is 3.49. The number of nitrogens with zero attached hydrogens (tertiary/aromatic N) is 3. The van der Waals surface area contributed by atoms with E-state index in [2.05, 4.69) is 43.1 Å². The summed E-state index contributed by atoms with van der Waals surface area (Å²) >= 11 is 0. The van der Waals surface area contributed by atoms with Crippen LogP contribution in [0, 0.1) is 5.41 Å². The lowest BCUT2D eigenvalue weighted by Crippen LogP contribution is -2.10. The van der Waals surface area contributed by atoms with Gasteiger partial charge < -0.3 is 0 Å². The summed E-state index contributed by atoms with van der Waals surface area (Å²) in [6.45, 7) is 6.91. The number of fused-ring (bicyclic) bond motifs is 1. The zero-order valence-corrected chi connectivity index (χ0v) is 19.4. The predicted molar refractivity (Wildman–Crippen MR) is 124 cm³/mol. The zero-order chi connectivity index (χ0) is 23.2. The summed E-state index contributed by atoms with van der Waals surface area (Å²) in [4.78, 5) is 0. The molecule has 2 heterocycles. The van der Waals surface area contributed by atoms with Crippen LogP contribution in [0.3, 0.4) is 0 Å². The van der Waals surface area contributed by atoms with Crippen molar-refractivity contribution < 1.29 is 13.2 Å². The molecule has 0 radical (unpaired) electrons. The summed E-state index contributed by atoms with van der Waals surface area (Å²) in [5, 5.41) is 6.89. The number of hydrogen-bond donors (Lipinski definition) is 0. The van der Waals surface area contributed by atoms with E-state index in [-0.39, 0.29) is 5.65 Å². The SMILES string of the molecule is CC(C)(C)CCCCCCCCCc1ccc(-c2ccc3nnc(C(F)(F)F)n3c2)cc1. The van der Waals surface area contributed by atoms with Crippen molar-refractivity contribution in [2.45, 2.75) is 84.7 Å². The van der Waals surface area contributed by atoms with Crippen LogP contribution in [-0.4, -0.2) is 14.6 Å². The molecule has 0 atom stereocenters. The monoisotopic (exact) mass is 445 g/mol. The first kappa shape index (κ1) is 24.3. The molecule has 3 aromatic rings. The van der Waals surface area contributed by atoms with E-state index in [1.165, 1.54) is 63.1 Å². The standard InChI is InChI=1S/C26H34F3N3/c1-25(2,3)18-10-8-6-4-5-7-9-11-20-12-14-21(15-13-20)22-16-17-23-30-31-24(26(27,28)29)32(23)19-22/h12-17,19H,4-11,18H2,1-3H3. The summed E-state index contributed by atoms with van der Waals surface area (Å²) in [6, 6.07) is 11.4. The Morgan fingerprint density at radius 1 is 0.719 bits per heavy atom. The number of pyridine rings is 1. The van der Waals surface area contributed by atoms with Gasteiger partial charge in [0.1, 0.15) is 0 Å². The minimum Gasteiger partial charge on any atom is -0.278 e. The van der Waals surface area contributed by atoms with Gasteiger partial charge >= 0.3 is 6.18 Å². The Kier molecular flexibility index (Phi) is 7.96. The van der Waals surface area contributed by atoms with Crippen molar-refractivity contribution in [3.63, 3.8) is 0 Å². The van der Waals surface area contributed by atoms with Crippen LogP contribution in [0.2, 0.25) is 0 Å². The normalized spacial score (nSPS) is 12.6. The highest BCUT2D eigenvalue weighted by Gasteiger charge is 2.36. The molecule has 2 aromatic heterocycles. The molecule has 1 aromatic carbocycles. The molecular weight excluding hydrogens is 411 g/mol. The minimum absolute atomic E-state index is 0.187. The Hall–Kier alpha value is -2.37. The molecule has 174 valence electrons. The van der Waals surface area contributed by atoms with Crippen molar-refractivity contribution in [3.8, 4) is 11.1 Å². The lowest BCUT2D eigenvalue weighted by Gasteiger charge is -2.17. The topological polar surface area (TPSA) is 30.2 Å². The van der Waals surface area contributed by atoms with E-state index >= 15 is 0 Å². The molecular formula is C26H34F3N3. The molecule has 0 unspecified atom stereocenters. The maximum Gasteiger partial charge on any atom is 0.452 e. The van der Waals surface area contributed by atoms with Crippen LogP contribution in [0.5, 0.6) is 0 Å². The fraction of sp³-hybridized carbons (Fsp3) is 0.538. The highest BCUT2D eigenvalue weighted by atomic mass is 19.4. The highest BCUT2D eigenvalue weighted by Crippen LogP contribution is 2.29. The van der Waals surface area contributed by atoms with Crippen molar-refractivity contribution >= 4 is 5.65 Å². The first-order valence-corrected chi connectivity index (χ1v) is 11.6. The highest BCUT2D eigenvalue weighted by molar-refractivity contribution is 5.65. The summed E-state index contributed by atoms with van der Waals surface area (Å²) in [6.07, 6.45) is 8.27. The van der Waals surface area contributed by atoms with Gasteiger partial charge in [0.15, 0.2) is 5.65 Å². The van der Waals surface area contributed by atoms with E-state index in [0.29, 0.717) is 11.0 Å². The van der Waals surface area contributed by atoms with Crippen LogP contribution in [0.1, 0.15) is 83.5 Å². The van der Waals surface area contributed by atoms with Gasteiger partial charge in [-0.15, -0.1) is 10.2 Å². The van der Waals surface area contributed by atoms with Crippen molar-refractivity contribution in [3.05, 3.63) is 54.0 Å². The number of rotatable bonds is 10. The van der Waals surface area contributed by atoms with Crippen molar-refractivity contribution in [1.29, 1.82) is 0 Å². The van der Waals surface area contributed by atoms with Gasteiger partial charge in [-0.1, -0.05) is 83.6 Å². The van der Waals surface area contributed by atoms with Crippen LogP contribution in [0.4, 0.5) is 13.2 Å². The van der Waals surface area contributed by atoms with E-state index < -0.39 is 12.0 Å². The van der Waals surface area contributed by atoms with E-state index in [4.69, 9.17) is 0 Å². The molecule has 0 aliphatic carbocycles. The summed E-state index contributed by atoms with van der Waals surface area (Å²) in [5.74, 6) is -1.000. The molecule has 0 fully saturated rings. The van der Waals surface area contributed by atoms with E-state index in [1.807, 2.05) is 12.1 Å². The average molecular weight is 446 g/mol. The Labute approximate surface area is 189 Å². The van der Waals surface area contributed by atoms with Crippen LogP contribution in [0.25, 0.3) is 16.8 Å². The van der Waals surface area contributed by atoms with Crippen LogP contribution >= 0.6 is 0 Å². The van der Waals surface area contributed by atoms with Crippen molar-refractivity contribution in [2.24, 2.45) is 5.41 Å². The Bertz CT molecular complexity index is 982. The largest absolute Gasteiger partial charge is 0.452 e. The van der Waals surface area contributed by atoms with Crippen LogP contribution in [-0.2, 0) is 12.6 Å². The maximum atomic E-state index is 13.1. The molecule has 0 saturated heterocycles. The fourth-order valence-corrected chi connectivity index (χ4v) is 3.99. The first-order chi connectivity index (χ1) is 15.1. The molecule has 0 aliphatic rings. The molecule has 3 rings (SSSR count). The van der Waals surface area contributed by atoms with E-state index in [1.54, 1.807) is 12.1 Å². The van der Waals surface area contributed by atoms with Gasteiger partial charge in [-0.2, -0.15) is 13.2 Å². The Balaban J connectivity index is 1.44. The number of benzene rings is 1. The number of halogens is 3. The zero-order valence-electron chi connectivity index (χ0n) is 19.4. The third-order valence-electron chi connectivity index (χ3n) is 5.84. The number of alkyl halides is 3. The second kappa shape index (κ2) is 10.5. The van der Waals surface area contributed by atoms with Gasteiger partial charge in [-0.05, 0) is 53.5 Å². The van der Waals surface area contributed by atoms with Crippen LogP contribution < -0.4 is 0 Å². The maximum absolute atomic E-state index is 13.1. The second-order valence-corrected chi connectivity index (χ2v) is 9.90. The van der Waals surface area contributed by atoms with E-state index in [0.717, 1.165) is 16.4 Å². The smallest absolute Gasteiger partial charge is 0.278 e. The van der Waals surface area contributed by atoms with E-state index in [9.17, 15) is 13.2 Å². The fourth-order valence-electron chi connectivity index (χ4n) is 3.99. The number of aromatic nitrogens is 3. The number of hydrogen-bond acceptors (Lipinski definition) is 2. The van der Waals surface area contributed by atoms with Crippen molar-refractivity contribution in [2.75, 3.05) is 0 Å². The molecule has 0 N–H and O–H groups in total. The van der Waals surface area contributed by atoms with Gasteiger partial charge in [0.05, 0.1) is 0 Å². The van der Waals surface area contributed by atoms with Gasteiger partial charge in [0.25, 0.3) is 0 Å². The summed E-state index contributed by atoms with van der Waals surface area (Å²) < 4.78 is 40.3. The lowest BCUT2D eigenvalue weighted by molar-refractivity contribution is -0.145. The van der Waals surface area contributed by atoms with Crippen LogP contribution in [0.15, 0.2) is 42.6 Å². The molecule has 6 heteroatoms. The molecule has 0 aliphatic heterocycles. The predicted octanol–water partition coefficient (Wildman–Crippen LogP) is 8.12. The third kappa shape index (κ3) is 7.07. The Morgan fingerprint density at radius 2 is 1.31 bits per heavy atom. The minimum atomic E-state index is -4.53. The Morgan fingerprint density at radius 3 is 1.94 bits per heavy atom. The van der Waals surface area contributed by atoms with Gasteiger partial charge in [-0.25, -0.2) is 0 Å². The molecule has 32 heavy (non-hydrogen) atoms. The molecule has 0 spiro atoms. The number of aryl methyl sites for hydroxylation is 1. The van der Waals surface area contributed by atoms with Gasteiger partial charge in [0.2, 0.25) is 5.82 Å². The number of unbranched alkanes of at least 4 members (excludes halogenated alkanes) is 6. The van der Waals surface area contributed by atoms with Crippen molar-refractivity contribution in [1.82, 2.24) is 14.6 Å². The molecule has 3 nitrogen and oxygen atoms in total. The average Bonchev–Trinajstić information content (AvgIpc) is 3.16. The molecule has 0 amide bonds. The van der Waals surface area contributed by atoms with Gasteiger partial charge in [-0.3, -0.25) is 4.40 Å². The molecule has 0 bridgehead atoms. The third-order valence-corrected chi connectivity index (χ3v) is 5.84. The van der Waals surface area contributed by atoms with Gasteiger partial charge in [0, 0.05) is 6.20 Å². The quantitative estimate of drug-likeness (QED) is 0.295.